The van der Waals surface area contributed by atoms with E-state index in [9.17, 15) is 4.79 Å². The minimum atomic E-state index is -0.0255. The number of halogens is 2. The van der Waals surface area contributed by atoms with Crippen molar-refractivity contribution in [3.63, 3.8) is 0 Å². The summed E-state index contributed by atoms with van der Waals surface area (Å²) in [5.41, 5.74) is 0.706. The maximum Gasteiger partial charge on any atom is 0.236 e. The number of hydrogen-bond acceptors (Lipinski definition) is 5. The van der Waals surface area contributed by atoms with Crippen LogP contribution in [0.4, 0.5) is 0 Å². The van der Waals surface area contributed by atoms with Gasteiger partial charge in [-0.05, 0) is 31.3 Å². The van der Waals surface area contributed by atoms with Crippen LogP contribution in [0.1, 0.15) is 24.8 Å². The van der Waals surface area contributed by atoms with Crippen molar-refractivity contribution in [1.82, 2.24) is 15.6 Å². The largest absolute Gasteiger partial charge is 0.440 e. The van der Waals surface area contributed by atoms with Gasteiger partial charge in [0, 0.05) is 13.1 Å². The molecule has 8 heteroatoms. The van der Waals surface area contributed by atoms with E-state index in [1.165, 1.54) is 0 Å². The third-order valence-corrected chi connectivity index (χ3v) is 3.86. The predicted molar refractivity (Wildman–Crippen MR) is 98.9 cm³/mol. The van der Waals surface area contributed by atoms with E-state index in [0.29, 0.717) is 23.9 Å². The average molecular weight is 380 g/mol. The second kappa shape index (κ2) is 11.5. The van der Waals surface area contributed by atoms with Gasteiger partial charge in [-0.2, -0.15) is 0 Å². The van der Waals surface area contributed by atoms with Crippen LogP contribution in [0.2, 0.25) is 0 Å². The van der Waals surface area contributed by atoms with E-state index >= 15 is 0 Å². The molecule has 2 heterocycles. The lowest BCUT2D eigenvalue weighted by Gasteiger charge is -2.05. The monoisotopic (exact) mass is 379 g/mol. The Labute approximate surface area is 153 Å². The second-order valence-corrected chi connectivity index (χ2v) is 5.72. The summed E-state index contributed by atoms with van der Waals surface area (Å²) < 4.78 is 5.62. The highest BCUT2D eigenvalue weighted by Gasteiger charge is 2.14. The molecule has 23 heavy (non-hydrogen) atoms. The molecule has 130 valence electrons. The zero-order valence-corrected chi connectivity index (χ0v) is 15.7. The third kappa shape index (κ3) is 6.91. The van der Waals surface area contributed by atoms with Crippen molar-refractivity contribution in [1.29, 1.82) is 0 Å². The Hall–Kier alpha value is -1.08. The van der Waals surface area contributed by atoms with Gasteiger partial charge in [0.05, 0.1) is 17.0 Å². The molecule has 0 aromatic carbocycles. The van der Waals surface area contributed by atoms with Crippen molar-refractivity contribution in [2.24, 2.45) is 0 Å². The smallest absolute Gasteiger partial charge is 0.236 e. The molecule has 2 aromatic heterocycles. The van der Waals surface area contributed by atoms with E-state index in [0.717, 1.165) is 24.4 Å². The molecule has 0 fully saturated rings. The van der Waals surface area contributed by atoms with Crippen LogP contribution in [-0.2, 0) is 11.2 Å². The van der Waals surface area contributed by atoms with Crippen molar-refractivity contribution in [2.45, 2.75) is 26.7 Å². The quantitative estimate of drug-likeness (QED) is 0.690. The molecule has 0 saturated heterocycles. The van der Waals surface area contributed by atoms with E-state index in [1.807, 2.05) is 24.4 Å². The van der Waals surface area contributed by atoms with Gasteiger partial charge in [-0.15, -0.1) is 36.2 Å². The first-order valence-corrected chi connectivity index (χ1v) is 8.06. The molecule has 2 rings (SSSR count). The summed E-state index contributed by atoms with van der Waals surface area (Å²) in [7, 11) is 0. The summed E-state index contributed by atoms with van der Waals surface area (Å²) in [5.74, 6) is 1.27. The number of oxazole rings is 1. The Bertz CT molecular complexity index is 573. The number of carbonyl (C=O) groups excluding carboxylic acids is 1. The van der Waals surface area contributed by atoms with Crippen LogP contribution in [0.15, 0.2) is 21.9 Å². The van der Waals surface area contributed by atoms with E-state index in [4.69, 9.17) is 4.42 Å². The van der Waals surface area contributed by atoms with Gasteiger partial charge in [-0.1, -0.05) is 13.0 Å². The molecular weight excluding hydrogens is 357 g/mol. The Kier molecular flexibility index (Phi) is 10.9. The van der Waals surface area contributed by atoms with Gasteiger partial charge >= 0.3 is 0 Å². The van der Waals surface area contributed by atoms with Gasteiger partial charge in [0.1, 0.15) is 5.76 Å². The molecule has 0 aliphatic rings. The van der Waals surface area contributed by atoms with Gasteiger partial charge in [-0.25, -0.2) is 4.98 Å². The highest BCUT2D eigenvalue weighted by Crippen LogP contribution is 2.25. The minimum absolute atomic E-state index is 0. The third-order valence-electron chi connectivity index (χ3n) is 3.00. The fraction of sp³-hybridized carbons (Fsp3) is 0.467. The van der Waals surface area contributed by atoms with E-state index < -0.39 is 0 Å². The molecule has 0 radical (unpaired) electrons. The molecule has 0 aliphatic carbocycles. The Balaban J connectivity index is 0.00000242. The number of rotatable bonds is 8. The summed E-state index contributed by atoms with van der Waals surface area (Å²) in [4.78, 5) is 17.3. The topological polar surface area (TPSA) is 67.2 Å². The fourth-order valence-corrected chi connectivity index (χ4v) is 2.55. The van der Waals surface area contributed by atoms with Crippen molar-refractivity contribution in [3.05, 3.63) is 29.0 Å². The molecular formula is C15H23Cl2N3O2S. The zero-order valence-electron chi connectivity index (χ0n) is 13.3. The van der Waals surface area contributed by atoms with Crippen molar-refractivity contribution in [3.8, 4) is 10.8 Å². The van der Waals surface area contributed by atoms with Crippen LogP contribution in [-0.4, -0.2) is 30.5 Å². The second-order valence-electron chi connectivity index (χ2n) is 4.78. The standard InChI is InChI=1S/C15H21N3O2S.2ClH/c1-3-6-16-7-8-17-14(19)10-12-11(2)20-15(18-12)13-5-4-9-21-13;;/h4-5,9,16H,3,6-8,10H2,1-2H3,(H,17,19);2*1H. The number of carbonyl (C=O) groups is 1. The number of nitrogens with one attached hydrogen (secondary N) is 2. The maximum atomic E-state index is 11.9. The van der Waals surface area contributed by atoms with E-state index in [2.05, 4.69) is 22.5 Å². The van der Waals surface area contributed by atoms with Crippen LogP contribution in [0.3, 0.4) is 0 Å². The van der Waals surface area contributed by atoms with Crippen LogP contribution >= 0.6 is 36.2 Å². The molecule has 0 bridgehead atoms. The van der Waals surface area contributed by atoms with Crippen molar-refractivity contribution >= 4 is 42.1 Å². The first-order chi connectivity index (χ1) is 10.2. The lowest BCUT2D eigenvalue weighted by Crippen LogP contribution is -2.33. The van der Waals surface area contributed by atoms with Crippen LogP contribution in [0, 0.1) is 6.92 Å². The summed E-state index contributed by atoms with van der Waals surface area (Å²) in [6.45, 7) is 6.35. The highest BCUT2D eigenvalue weighted by molar-refractivity contribution is 7.13. The number of aromatic nitrogens is 1. The predicted octanol–water partition coefficient (Wildman–Crippen LogP) is 3.21. The van der Waals surface area contributed by atoms with Crippen LogP contribution in [0.5, 0.6) is 0 Å². The van der Waals surface area contributed by atoms with Gasteiger partial charge < -0.3 is 15.1 Å². The average Bonchev–Trinajstić information content (AvgIpc) is 3.09. The van der Waals surface area contributed by atoms with E-state index in [1.54, 1.807) is 11.3 Å². The minimum Gasteiger partial charge on any atom is -0.440 e. The Morgan fingerprint density at radius 1 is 1.30 bits per heavy atom. The van der Waals surface area contributed by atoms with Gasteiger partial charge in [-0.3, -0.25) is 4.79 Å². The highest BCUT2D eigenvalue weighted by atomic mass is 35.5. The summed E-state index contributed by atoms with van der Waals surface area (Å²) in [5, 5.41) is 8.10. The first kappa shape index (κ1) is 21.9. The van der Waals surface area contributed by atoms with Gasteiger partial charge in [0.25, 0.3) is 0 Å². The fourth-order valence-electron chi connectivity index (χ4n) is 1.90. The number of aryl methyl sites for hydroxylation is 1. The molecule has 1 amide bonds. The lowest BCUT2D eigenvalue weighted by atomic mass is 10.2. The SMILES string of the molecule is CCCNCCNC(=O)Cc1nc(-c2cccs2)oc1C.Cl.Cl. The maximum absolute atomic E-state index is 11.9. The molecule has 0 aliphatic heterocycles. The van der Waals surface area contributed by atoms with E-state index in [-0.39, 0.29) is 37.1 Å². The number of hydrogen-bond donors (Lipinski definition) is 2. The van der Waals surface area contributed by atoms with Crippen LogP contribution in [0.25, 0.3) is 10.8 Å². The summed E-state index contributed by atoms with van der Waals surface area (Å²) in [6, 6.07) is 3.91. The molecule has 5 nitrogen and oxygen atoms in total. The first-order valence-electron chi connectivity index (χ1n) is 7.18. The number of nitrogens with zero attached hydrogens (tertiary/aromatic N) is 1. The van der Waals surface area contributed by atoms with Crippen LogP contribution < -0.4 is 10.6 Å². The van der Waals surface area contributed by atoms with Crippen molar-refractivity contribution < 1.29 is 9.21 Å². The molecule has 0 atom stereocenters. The molecule has 2 N–H and O–H groups in total. The van der Waals surface area contributed by atoms with Crippen molar-refractivity contribution in [2.75, 3.05) is 19.6 Å². The molecule has 0 spiro atoms. The molecule has 2 aromatic rings. The molecule has 0 unspecified atom stereocenters. The zero-order chi connectivity index (χ0) is 15.1. The summed E-state index contributed by atoms with van der Waals surface area (Å²) >= 11 is 1.57. The van der Waals surface area contributed by atoms with Gasteiger partial charge in [0.2, 0.25) is 11.8 Å². The number of amides is 1. The Morgan fingerprint density at radius 3 is 2.74 bits per heavy atom. The molecule has 0 saturated carbocycles. The van der Waals surface area contributed by atoms with Gasteiger partial charge in [0.15, 0.2) is 0 Å². The lowest BCUT2D eigenvalue weighted by molar-refractivity contribution is -0.120. The normalized spacial score (nSPS) is 9.83. The Morgan fingerprint density at radius 2 is 2.09 bits per heavy atom. The summed E-state index contributed by atoms with van der Waals surface area (Å²) in [6.07, 6.45) is 1.35. The number of thiophene rings is 1.